The van der Waals surface area contributed by atoms with Gasteiger partial charge >= 0.3 is 23.9 Å². The minimum atomic E-state index is -0.483. The predicted molar refractivity (Wildman–Crippen MR) is 262 cm³/mol. The van der Waals surface area contributed by atoms with Gasteiger partial charge in [-0.1, -0.05) is 157 Å². The Kier molecular flexibility index (Phi) is 19.7. The van der Waals surface area contributed by atoms with E-state index in [-0.39, 0.29) is 23.7 Å². The second kappa shape index (κ2) is 25.1. The molecule has 4 atom stereocenters. The second-order valence-corrected chi connectivity index (χ2v) is 18.2. The summed E-state index contributed by atoms with van der Waals surface area (Å²) in [5.41, 5.74) is 1.22. The van der Waals surface area contributed by atoms with Crippen LogP contribution in [0.15, 0.2) is 48.5 Å². The smallest absolute Gasteiger partial charge is 0.338 e. The van der Waals surface area contributed by atoms with Gasteiger partial charge in [-0.3, -0.25) is 0 Å². The van der Waals surface area contributed by atoms with Gasteiger partial charge in [0.1, 0.15) is 0 Å². The van der Waals surface area contributed by atoms with Gasteiger partial charge in [-0.05, 0) is 106 Å². The molecular formula is C56H76O8. The molecule has 5 aromatic carbocycles. The molecule has 0 N–H and O–H groups in total. The first-order valence-electron chi connectivity index (χ1n) is 25.0. The Bertz CT molecular complexity index is 1990. The highest BCUT2D eigenvalue weighted by Crippen LogP contribution is 2.45. The molecule has 8 heteroatoms. The van der Waals surface area contributed by atoms with E-state index < -0.39 is 23.9 Å². The molecule has 0 aliphatic rings. The molecule has 0 fully saturated rings. The summed E-state index contributed by atoms with van der Waals surface area (Å²) in [6, 6.07) is 14.6. The van der Waals surface area contributed by atoms with E-state index in [9.17, 15) is 19.2 Å². The van der Waals surface area contributed by atoms with Crippen LogP contribution < -0.4 is 0 Å². The number of benzene rings is 5. The van der Waals surface area contributed by atoms with Crippen molar-refractivity contribution in [2.45, 2.75) is 158 Å². The fourth-order valence-corrected chi connectivity index (χ4v) is 9.25. The average molecular weight is 877 g/mol. The van der Waals surface area contributed by atoms with Crippen molar-refractivity contribution in [3.8, 4) is 0 Å². The van der Waals surface area contributed by atoms with Crippen LogP contribution in [0, 0.1) is 23.7 Å². The van der Waals surface area contributed by atoms with Gasteiger partial charge in [0.2, 0.25) is 0 Å². The van der Waals surface area contributed by atoms with Gasteiger partial charge in [0.15, 0.2) is 0 Å². The monoisotopic (exact) mass is 877 g/mol. The molecule has 0 aromatic heterocycles. The highest BCUT2D eigenvalue weighted by molar-refractivity contribution is 6.38. The Hall–Kier alpha value is -4.72. The van der Waals surface area contributed by atoms with Gasteiger partial charge in [0.05, 0.1) is 48.7 Å². The summed E-state index contributed by atoms with van der Waals surface area (Å²) in [4.78, 5) is 57.1. The molecule has 348 valence electrons. The molecule has 0 aliphatic carbocycles. The van der Waals surface area contributed by atoms with Crippen LogP contribution >= 0.6 is 0 Å². The van der Waals surface area contributed by atoms with Crippen molar-refractivity contribution in [3.63, 3.8) is 0 Å². The fraction of sp³-hybridized carbons (Fsp3) is 0.571. The maximum atomic E-state index is 14.3. The maximum absolute atomic E-state index is 14.3. The molecule has 0 aliphatic heterocycles. The molecule has 0 heterocycles. The van der Waals surface area contributed by atoms with Crippen LogP contribution in [0.5, 0.6) is 0 Å². The van der Waals surface area contributed by atoms with E-state index >= 15 is 0 Å². The van der Waals surface area contributed by atoms with Gasteiger partial charge in [0.25, 0.3) is 0 Å². The zero-order valence-electron chi connectivity index (χ0n) is 40.3. The minimum Gasteiger partial charge on any atom is -0.462 e. The maximum Gasteiger partial charge on any atom is 0.338 e. The Labute approximate surface area is 382 Å². The fourth-order valence-electron chi connectivity index (χ4n) is 9.25. The average Bonchev–Trinajstić information content (AvgIpc) is 3.32. The molecule has 5 aromatic rings. The number of rotatable bonds is 28. The molecule has 0 amide bonds. The van der Waals surface area contributed by atoms with Crippen LogP contribution in [0.3, 0.4) is 0 Å². The molecule has 0 unspecified atom stereocenters. The van der Waals surface area contributed by atoms with E-state index in [2.05, 4.69) is 55.4 Å². The molecule has 0 bridgehead atoms. The Morgan fingerprint density at radius 2 is 0.562 bits per heavy atom. The summed E-state index contributed by atoms with van der Waals surface area (Å²) in [6.45, 7) is 18.3. The number of hydrogen-bond acceptors (Lipinski definition) is 8. The van der Waals surface area contributed by atoms with Gasteiger partial charge in [0, 0.05) is 10.8 Å². The summed E-state index contributed by atoms with van der Waals surface area (Å²) in [7, 11) is 0. The van der Waals surface area contributed by atoms with E-state index in [1.807, 2.05) is 24.3 Å². The van der Waals surface area contributed by atoms with Crippen LogP contribution in [0.25, 0.3) is 43.1 Å². The Morgan fingerprint density at radius 3 is 0.750 bits per heavy atom. The molecule has 0 radical (unpaired) electrons. The normalized spacial score (nSPS) is 13.6. The number of carbonyl (C=O) groups excluding carboxylic acids is 4. The third-order valence-electron chi connectivity index (χ3n) is 13.8. The van der Waals surface area contributed by atoms with Crippen LogP contribution in [-0.2, 0) is 18.9 Å². The van der Waals surface area contributed by atoms with Crippen molar-refractivity contribution in [1.29, 1.82) is 0 Å². The summed E-state index contributed by atoms with van der Waals surface area (Å²) < 4.78 is 24.3. The largest absolute Gasteiger partial charge is 0.462 e. The van der Waals surface area contributed by atoms with E-state index in [1.54, 1.807) is 24.3 Å². The first-order chi connectivity index (χ1) is 31.1. The molecule has 0 saturated heterocycles. The van der Waals surface area contributed by atoms with E-state index in [0.717, 1.165) is 135 Å². The minimum absolute atomic E-state index is 0.238. The van der Waals surface area contributed by atoms with Crippen molar-refractivity contribution in [3.05, 3.63) is 70.8 Å². The van der Waals surface area contributed by atoms with Crippen molar-refractivity contribution in [1.82, 2.24) is 0 Å². The zero-order valence-corrected chi connectivity index (χ0v) is 40.3. The number of esters is 4. The lowest BCUT2D eigenvalue weighted by Crippen LogP contribution is -2.17. The van der Waals surface area contributed by atoms with Crippen molar-refractivity contribution >= 4 is 67.0 Å². The number of carbonyl (C=O) groups is 4. The van der Waals surface area contributed by atoms with Crippen molar-refractivity contribution < 1.29 is 38.1 Å². The third kappa shape index (κ3) is 11.9. The second-order valence-electron chi connectivity index (χ2n) is 18.2. The van der Waals surface area contributed by atoms with Crippen LogP contribution in [0.1, 0.15) is 200 Å². The van der Waals surface area contributed by atoms with Crippen LogP contribution in [0.4, 0.5) is 0 Å². The van der Waals surface area contributed by atoms with E-state index in [4.69, 9.17) is 18.9 Å². The van der Waals surface area contributed by atoms with Gasteiger partial charge in [-0.15, -0.1) is 0 Å². The predicted octanol–water partition coefficient (Wildman–Crippen LogP) is 15.2. The topological polar surface area (TPSA) is 105 Å². The summed E-state index contributed by atoms with van der Waals surface area (Å²) in [5, 5.41) is 5.52. The summed E-state index contributed by atoms with van der Waals surface area (Å²) in [5.74, 6) is -0.982. The van der Waals surface area contributed by atoms with Crippen molar-refractivity contribution in [2.24, 2.45) is 23.7 Å². The number of hydrogen-bond donors (Lipinski definition) is 0. The van der Waals surface area contributed by atoms with Crippen LogP contribution in [-0.4, -0.2) is 50.3 Å². The van der Waals surface area contributed by atoms with Gasteiger partial charge in [-0.25, -0.2) is 19.2 Å². The molecule has 5 rings (SSSR count). The molecule has 0 saturated carbocycles. The van der Waals surface area contributed by atoms with E-state index in [0.29, 0.717) is 59.5 Å². The summed E-state index contributed by atoms with van der Waals surface area (Å²) in [6.07, 6.45) is 16.0. The quantitative estimate of drug-likeness (QED) is 0.0212. The van der Waals surface area contributed by atoms with Gasteiger partial charge < -0.3 is 18.9 Å². The lowest BCUT2D eigenvalue weighted by atomic mass is 9.84. The zero-order chi connectivity index (χ0) is 46.2. The number of ether oxygens (including phenoxy) is 4. The number of fused-ring (bicyclic) bond motifs is 2. The summed E-state index contributed by atoms with van der Waals surface area (Å²) >= 11 is 0. The molecule has 8 nitrogen and oxygen atoms in total. The molecule has 64 heavy (non-hydrogen) atoms. The molecule has 0 spiro atoms. The third-order valence-corrected chi connectivity index (χ3v) is 13.8. The standard InChI is InChI=1S/C56H76O8/c1-9-17-21-37(13-5)33-61-53(57)45-29-25-41-43-27-31-47(55(59)63-35-39(15-7)23-19-11-3)52-48(56(60)64-36-40(16-8)24-20-12-4)32-28-44(50(43)52)42-26-30-46(51(45)49(41)42)54(58)62-34-38(14-6)22-18-10-2/h25-32,37-40H,9-24,33-36H2,1-8H3/t37-,38-,39-,40-/m0/s1. The van der Waals surface area contributed by atoms with E-state index in [1.165, 1.54) is 0 Å². The SMILES string of the molecule is CCCC[C@H](CC)COC(=O)c1ccc2c3ccc(C(=O)OC[C@@H](CC)CCCC)c4c(C(=O)OC[C@@H](CC)CCCC)ccc(c5ccc(C(=O)OC[C@@H](CC)CCCC)c1c25)c43. The first-order valence-corrected chi connectivity index (χ1v) is 25.0. The Balaban J connectivity index is 1.73. The van der Waals surface area contributed by atoms with Crippen molar-refractivity contribution in [2.75, 3.05) is 26.4 Å². The highest BCUT2D eigenvalue weighted by Gasteiger charge is 2.29. The van der Waals surface area contributed by atoms with Gasteiger partial charge in [-0.2, -0.15) is 0 Å². The molecular weight excluding hydrogens is 801 g/mol. The first kappa shape index (κ1) is 50.3. The lowest BCUT2D eigenvalue weighted by molar-refractivity contribution is 0.0414. The number of unbranched alkanes of at least 4 members (excludes halogenated alkanes) is 4. The lowest BCUT2D eigenvalue weighted by Gasteiger charge is -2.22. The Morgan fingerprint density at radius 1 is 0.344 bits per heavy atom. The highest BCUT2D eigenvalue weighted by atomic mass is 16.5. The van der Waals surface area contributed by atoms with Crippen LogP contribution in [0.2, 0.25) is 0 Å².